The van der Waals surface area contributed by atoms with Crippen LogP contribution in [0, 0.1) is 5.82 Å². The van der Waals surface area contributed by atoms with E-state index in [2.05, 4.69) is 0 Å². The quantitative estimate of drug-likeness (QED) is 0.699. The molecule has 0 saturated carbocycles. The molecule has 14 heavy (non-hydrogen) atoms. The lowest BCUT2D eigenvalue weighted by Gasteiger charge is -2.06. The van der Waals surface area contributed by atoms with Crippen LogP contribution >= 0.6 is 11.6 Å². The van der Waals surface area contributed by atoms with Gasteiger partial charge in [0.25, 0.3) is 6.43 Å². The number of ketones is 1. The summed E-state index contributed by atoms with van der Waals surface area (Å²) >= 11 is 5.36. The highest BCUT2D eigenvalue weighted by molar-refractivity contribution is 6.31. The van der Waals surface area contributed by atoms with Gasteiger partial charge >= 0.3 is 0 Å². The third-order valence-electron chi connectivity index (χ3n) is 1.71. The number of Topliss-reactive ketones (excluding diaryl/α,β-unsaturated/α-hetero) is 1. The minimum atomic E-state index is -2.89. The van der Waals surface area contributed by atoms with Crippen LogP contribution in [0.15, 0.2) is 12.1 Å². The Morgan fingerprint density at radius 1 is 1.43 bits per heavy atom. The maximum absolute atomic E-state index is 12.8. The lowest BCUT2D eigenvalue weighted by atomic mass is 10.0. The van der Waals surface area contributed by atoms with Crippen LogP contribution in [-0.2, 0) is 0 Å². The van der Waals surface area contributed by atoms with Crippen molar-refractivity contribution in [1.82, 2.24) is 0 Å². The van der Waals surface area contributed by atoms with Gasteiger partial charge in [0, 0.05) is 11.1 Å². The van der Waals surface area contributed by atoms with E-state index in [0.717, 1.165) is 13.0 Å². The summed E-state index contributed by atoms with van der Waals surface area (Å²) in [7, 11) is 0. The Labute approximate surface area is 83.5 Å². The summed E-state index contributed by atoms with van der Waals surface area (Å²) < 4.78 is 37.5. The van der Waals surface area contributed by atoms with Crippen molar-refractivity contribution in [2.45, 2.75) is 13.3 Å². The zero-order chi connectivity index (χ0) is 10.9. The fraction of sp³-hybridized carbons (Fsp3) is 0.222. The summed E-state index contributed by atoms with van der Waals surface area (Å²) in [5, 5.41) is -0.334. The fourth-order valence-electron chi connectivity index (χ4n) is 1.05. The van der Waals surface area contributed by atoms with Crippen molar-refractivity contribution in [1.29, 1.82) is 0 Å². The molecule has 0 spiro atoms. The molecule has 0 fully saturated rings. The van der Waals surface area contributed by atoms with Gasteiger partial charge in [0.15, 0.2) is 5.78 Å². The van der Waals surface area contributed by atoms with E-state index in [0.29, 0.717) is 6.07 Å². The molecule has 0 aliphatic carbocycles. The molecular formula is C9H6ClF3O. The summed E-state index contributed by atoms with van der Waals surface area (Å²) in [5.74, 6) is -1.52. The molecule has 0 atom stereocenters. The molecule has 0 aliphatic rings. The summed E-state index contributed by atoms with van der Waals surface area (Å²) in [5.41, 5.74) is -0.870. The number of hydrogen-bond acceptors (Lipinski definition) is 1. The van der Waals surface area contributed by atoms with Gasteiger partial charge in [-0.2, -0.15) is 0 Å². The van der Waals surface area contributed by atoms with Crippen LogP contribution in [0.3, 0.4) is 0 Å². The fourth-order valence-corrected chi connectivity index (χ4v) is 1.21. The normalized spacial score (nSPS) is 10.7. The van der Waals surface area contributed by atoms with Crippen molar-refractivity contribution in [3.05, 3.63) is 34.1 Å². The second-order valence-corrected chi connectivity index (χ2v) is 3.12. The van der Waals surface area contributed by atoms with E-state index >= 15 is 0 Å². The SMILES string of the molecule is CC(=O)c1cc(Cl)c(F)cc1C(F)F. The van der Waals surface area contributed by atoms with E-state index in [4.69, 9.17) is 11.6 Å². The minimum absolute atomic E-state index is 0.244. The number of rotatable bonds is 2. The van der Waals surface area contributed by atoms with Crippen LogP contribution in [0.4, 0.5) is 13.2 Å². The minimum Gasteiger partial charge on any atom is -0.294 e. The predicted octanol–water partition coefficient (Wildman–Crippen LogP) is 3.62. The van der Waals surface area contributed by atoms with Crippen LogP contribution in [0.1, 0.15) is 29.3 Å². The molecule has 0 amide bonds. The zero-order valence-electron chi connectivity index (χ0n) is 7.15. The van der Waals surface area contributed by atoms with Crippen LogP contribution in [0.5, 0.6) is 0 Å². The van der Waals surface area contributed by atoms with Crippen molar-refractivity contribution in [3.63, 3.8) is 0 Å². The number of carbonyl (C=O) groups excluding carboxylic acids is 1. The van der Waals surface area contributed by atoms with Crippen molar-refractivity contribution in [2.24, 2.45) is 0 Å². The molecular weight excluding hydrogens is 217 g/mol. The Morgan fingerprint density at radius 2 is 2.00 bits per heavy atom. The first-order chi connectivity index (χ1) is 6.43. The highest BCUT2D eigenvalue weighted by atomic mass is 35.5. The molecule has 0 aliphatic heterocycles. The molecule has 0 saturated heterocycles. The van der Waals surface area contributed by atoms with Gasteiger partial charge in [0.2, 0.25) is 0 Å². The number of alkyl halides is 2. The van der Waals surface area contributed by atoms with Crippen molar-refractivity contribution in [2.75, 3.05) is 0 Å². The van der Waals surface area contributed by atoms with Crippen molar-refractivity contribution in [3.8, 4) is 0 Å². The predicted molar refractivity (Wildman–Crippen MR) is 46.4 cm³/mol. The van der Waals surface area contributed by atoms with Crippen LogP contribution < -0.4 is 0 Å². The Morgan fingerprint density at radius 3 is 2.43 bits per heavy atom. The number of hydrogen-bond donors (Lipinski definition) is 0. The van der Waals surface area contributed by atoms with E-state index in [9.17, 15) is 18.0 Å². The second-order valence-electron chi connectivity index (χ2n) is 2.71. The first-order valence-corrected chi connectivity index (χ1v) is 4.09. The molecule has 1 rings (SSSR count). The van der Waals surface area contributed by atoms with E-state index in [1.807, 2.05) is 0 Å². The highest BCUT2D eigenvalue weighted by Gasteiger charge is 2.18. The van der Waals surface area contributed by atoms with E-state index < -0.39 is 23.6 Å². The van der Waals surface area contributed by atoms with E-state index in [1.54, 1.807) is 0 Å². The van der Waals surface area contributed by atoms with Gasteiger partial charge in [0.1, 0.15) is 5.82 Å². The molecule has 0 radical (unpaired) electrons. The van der Waals surface area contributed by atoms with Gasteiger partial charge in [-0.05, 0) is 19.1 Å². The van der Waals surface area contributed by atoms with Crippen LogP contribution in [-0.4, -0.2) is 5.78 Å². The van der Waals surface area contributed by atoms with Crippen LogP contribution in [0.25, 0.3) is 0 Å². The average Bonchev–Trinajstić information content (AvgIpc) is 2.08. The molecule has 0 aromatic heterocycles. The Hall–Kier alpha value is -1.03. The lowest BCUT2D eigenvalue weighted by Crippen LogP contribution is -2.01. The number of benzene rings is 1. The summed E-state index contributed by atoms with van der Waals surface area (Å²) in [6.07, 6.45) is -2.89. The molecule has 0 unspecified atom stereocenters. The third kappa shape index (κ3) is 2.07. The van der Waals surface area contributed by atoms with Gasteiger partial charge in [-0.3, -0.25) is 4.79 Å². The molecule has 5 heteroatoms. The van der Waals surface area contributed by atoms with E-state index in [-0.39, 0.29) is 10.6 Å². The van der Waals surface area contributed by atoms with Gasteiger partial charge in [0.05, 0.1) is 5.02 Å². The first kappa shape index (κ1) is 11.0. The molecule has 1 nitrogen and oxygen atoms in total. The van der Waals surface area contributed by atoms with Crippen molar-refractivity contribution >= 4 is 17.4 Å². The summed E-state index contributed by atoms with van der Waals surface area (Å²) in [6, 6.07) is 1.50. The Bertz CT molecular complexity index is 377. The van der Waals surface area contributed by atoms with E-state index in [1.165, 1.54) is 0 Å². The topological polar surface area (TPSA) is 17.1 Å². The van der Waals surface area contributed by atoms with Crippen molar-refractivity contribution < 1.29 is 18.0 Å². The monoisotopic (exact) mass is 222 g/mol. The van der Waals surface area contributed by atoms with Gasteiger partial charge in [-0.15, -0.1) is 0 Å². The molecule has 0 heterocycles. The highest BCUT2D eigenvalue weighted by Crippen LogP contribution is 2.28. The van der Waals surface area contributed by atoms with Crippen LogP contribution in [0.2, 0.25) is 5.02 Å². The average molecular weight is 223 g/mol. The number of halogens is 4. The maximum Gasteiger partial charge on any atom is 0.264 e. The lowest BCUT2D eigenvalue weighted by molar-refractivity contribution is 0.0998. The zero-order valence-corrected chi connectivity index (χ0v) is 7.91. The maximum atomic E-state index is 12.8. The molecule has 1 aromatic carbocycles. The smallest absolute Gasteiger partial charge is 0.264 e. The third-order valence-corrected chi connectivity index (χ3v) is 2.00. The Kier molecular flexibility index (Phi) is 3.16. The first-order valence-electron chi connectivity index (χ1n) is 3.71. The molecule has 0 bridgehead atoms. The number of carbonyl (C=O) groups is 1. The summed E-state index contributed by atoms with van der Waals surface area (Å²) in [6.45, 7) is 1.12. The van der Waals surface area contributed by atoms with Gasteiger partial charge < -0.3 is 0 Å². The summed E-state index contributed by atoms with van der Waals surface area (Å²) in [4.78, 5) is 10.9. The molecule has 76 valence electrons. The van der Waals surface area contributed by atoms with Gasteiger partial charge in [-0.25, -0.2) is 13.2 Å². The second kappa shape index (κ2) is 4.00. The Balaban J connectivity index is 3.39. The van der Waals surface area contributed by atoms with Gasteiger partial charge in [-0.1, -0.05) is 11.6 Å². The largest absolute Gasteiger partial charge is 0.294 e. The standard InChI is InChI=1S/C9H6ClF3O/c1-4(14)5-2-7(10)8(11)3-6(5)9(12)13/h2-3,9H,1H3. The molecule has 0 N–H and O–H groups in total. The molecule has 1 aromatic rings.